The van der Waals surface area contributed by atoms with E-state index in [1.807, 2.05) is 0 Å². The van der Waals surface area contributed by atoms with Crippen molar-refractivity contribution >= 4 is 21.4 Å². The Bertz CT molecular complexity index is 1390. The van der Waals surface area contributed by atoms with E-state index in [0.717, 1.165) is 18.2 Å². The van der Waals surface area contributed by atoms with Crippen LogP contribution in [0.2, 0.25) is 0 Å². The van der Waals surface area contributed by atoms with Gasteiger partial charge in [0.1, 0.15) is 11.4 Å². The highest BCUT2D eigenvalue weighted by atomic mass is 32.2. The molecule has 0 unspecified atom stereocenters. The van der Waals surface area contributed by atoms with Crippen LogP contribution in [0, 0.1) is 0 Å². The Morgan fingerprint density at radius 1 is 0.946 bits per heavy atom. The molecule has 3 aromatic rings. The van der Waals surface area contributed by atoms with Crippen LogP contribution >= 0.6 is 0 Å². The number of carbonyl (C=O) groups excluding carboxylic acids is 1. The van der Waals surface area contributed by atoms with E-state index in [9.17, 15) is 39.6 Å². The lowest BCUT2D eigenvalue weighted by molar-refractivity contribution is -0.141. The molecule has 0 saturated heterocycles. The van der Waals surface area contributed by atoms with Crippen molar-refractivity contribution in [1.82, 2.24) is 9.97 Å². The van der Waals surface area contributed by atoms with Crippen LogP contribution in [-0.4, -0.2) is 37.2 Å². The Kier molecular flexibility index (Phi) is 8.10. The average Bonchev–Trinajstić information content (AvgIpc) is 2.82. The molecule has 0 aliphatic heterocycles. The number of methoxy groups -OCH3 is 1. The lowest BCUT2D eigenvalue weighted by atomic mass is 10.1. The van der Waals surface area contributed by atoms with Crippen LogP contribution in [-0.2, 0) is 27.0 Å². The van der Waals surface area contributed by atoms with Crippen LogP contribution in [0.4, 0.5) is 32.0 Å². The van der Waals surface area contributed by atoms with Gasteiger partial charge in [-0.3, -0.25) is 4.79 Å². The predicted octanol–water partition coefficient (Wildman–Crippen LogP) is 5.38. The normalized spacial score (nSPS) is 12.3. The molecule has 0 bridgehead atoms. The maximum atomic E-state index is 13.5. The molecule has 1 heterocycles. The number of nitrogens with zero attached hydrogens (tertiary/aromatic N) is 2. The summed E-state index contributed by atoms with van der Waals surface area (Å²) in [4.78, 5) is 19.1. The molecule has 0 aliphatic carbocycles. The van der Waals surface area contributed by atoms with Gasteiger partial charge >= 0.3 is 12.4 Å². The second kappa shape index (κ2) is 10.7. The highest BCUT2D eigenvalue weighted by Gasteiger charge is 2.36. The fourth-order valence-electron chi connectivity index (χ4n) is 3.27. The molecule has 3 rings (SSSR count). The first-order chi connectivity index (χ1) is 17.2. The molecule has 14 heteroatoms. The lowest BCUT2D eigenvalue weighted by Gasteiger charge is -2.14. The zero-order valence-corrected chi connectivity index (χ0v) is 19.8. The van der Waals surface area contributed by atoms with E-state index in [1.54, 1.807) is 6.07 Å². The van der Waals surface area contributed by atoms with E-state index in [0.29, 0.717) is 6.07 Å². The number of benzene rings is 2. The maximum absolute atomic E-state index is 13.5. The van der Waals surface area contributed by atoms with Gasteiger partial charge < -0.3 is 10.1 Å². The third-order valence-electron chi connectivity index (χ3n) is 4.98. The summed E-state index contributed by atoms with van der Waals surface area (Å²) in [5, 5.41) is 0.962. The quantitative estimate of drug-likeness (QED) is 0.300. The van der Waals surface area contributed by atoms with Gasteiger partial charge in [0.25, 0.3) is 0 Å². The summed E-state index contributed by atoms with van der Waals surface area (Å²) >= 11 is 0. The van der Waals surface area contributed by atoms with Crippen molar-refractivity contribution in [1.29, 1.82) is 0 Å². The van der Waals surface area contributed by atoms with E-state index in [2.05, 4.69) is 15.3 Å². The first-order valence-electron chi connectivity index (χ1n) is 10.5. The smallest absolute Gasteiger partial charge is 0.433 e. The van der Waals surface area contributed by atoms with Crippen LogP contribution in [0.5, 0.6) is 5.75 Å². The lowest BCUT2D eigenvalue weighted by Crippen LogP contribution is -2.19. The van der Waals surface area contributed by atoms with Crippen molar-refractivity contribution in [3.8, 4) is 17.0 Å². The van der Waals surface area contributed by atoms with Crippen molar-refractivity contribution < 1.29 is 44.3 Å². The number of hydrogen-bond acceptors (Lipinski definition) is 6. The van der Waals surface area contributed by atoms with Crippen LogP contribution in [0.25, 0.3) is 11.3 Å². The summed E-state index contributed by atoms with van der Waals surface area (Å²) in [7, 11) is -3.24. The van der Waals surface area contributed by atoms with Gasteiger partial charge in [0.05, 0.1) is 29.8 Å². The molecule has 0 atom stereocenters. The van der Waals surface area contributed by atoms with Gasteiger partial charge in [-0.25, -0.2) is 18.4 Å². The van der Waals surface area contributed by atoms with Crippen LogP contribution < -0.4 is 10.1 Å². The van der Waals surface area contributed by atoms with E-state index < -0.39 is 68.8 Å². The number of carbonyl (C=O) groups is 1. The Balaban J connectivity index is 1.81. The zero-order chi connectivity index (χ0) is 27.4. The molecule has 0 spiro atoms. The molecule has 0 saturated carbocycles. The molecule has 2 aromatic carbocycles. The van der Waals surface area contributed by atoms with Gasteiger partial charge in [-0.15, -0.1) is 0 Å². The van der Waals surface area contributed by atoms with Gasteiger partial charge in [-0.2, -0.15) is 26.3 Å². The summed E-state index contributed by atoms with van der Waals surface area (Å²) in [5.74, 6) is -1.59. The number of para-hydroxylation sites is 2. The molecule has 1 aromatic heterocycles. The molecule has 0 aliphatic rings. The SMILES string of the molecule is COc1ccccc1-c1cc(C(F)(F)F)nc(S(=O)(=O)CCCC(=O)Nc2ccccc2C(F)(F)F)n1. The van der Waals surface area contributed by atoms with Gasteiger partial charge in [0, 0.05) is 12.0 Å². The predicted molar refractivity (Wildman–Crippen MR) is 120 cm³/mol. The number of halogens is 6. The van der Waals surface area contributed by atoms with Crippen LogP contribution in [0.15, 0.2) is 59.8 Å². The second-order valence-corrected chi connectivity index (χ2v) is 9.64. The van der Waals surface area contributed by atoms with Gasteiger partial charge in [-0.05, 0) is 36.8 Å². The van der Waals surface area contributed by atoms with E-state index in [4.69, 9.17) is 4.74 Å². The molecule has 1 amide bonds. The third kappa shape index (κ3) is 6.96. The number of aromatic nitrogens is 2. The molecule has 37 heavy (non-hydrogen) atoms. The second-order valence-electron chi connectivity index (χ2n) is 7.63. The largest absolute Gasteiger partial charge is 0.496 e. The topological polar surface area (TPSA) is 98.2 Å². The fourth-order valence-corrected chi connectivity index (χ4v) is 4.45. The maximum Gasteiger partial charge on any atom is 0.433 e. The molecule has 0 radical (unpaired) electrons. The van der Waals surface area contributed by atoms with E-state index in [1.165, 1.54) is 31.4 Å². The number of amides is 1. The van der Waals surface area contributed by atoms with Crippen molar-refractivity contribution in [2.45, 2.75) is 30.4 Å². The summed E-state index contributed by atoms with van der Waals surface area (Å²) in [6.07, 6.45) is -10.7. The number of hydrogen-bond donors (Lipinski definition) is 1. The third-order valence-corrected chi connectivity index (χ3v) is 6.55. The van der Waals surface area contributed by atoms with E-state index >= 15 is 0 Å². The first-order valence-corrected chi connectivity index (χ1v) is 12.2. The van der Waals surface area contributed by atoms with Gasteiger partial charge in [-0.1, -0.05) is 24.3 Å². The number of nitrogens with one attached hydrogen (secondary N) is 1. The highest BCUT2D eigenvalue weighted by molar-refractivity contribution is 7.91. The minimum atomic E-state index is -4.99. The van der Waals surface area contributed by atoms with Crippen molar-refractivity contribution in [2.24, 2.45) is 0 Å². The average molecular weight is 547 g/mol. The van der Waals surface area contributed by atoms with Crippen molar-refractivity contribution in [2.75, 3.05) is 18.2 Å². The number of anilines is 1. The fraction of sp³-hybridized carbons (Fsp3) is 0.261. The van der Waals surface area contributed by atoms with E-state index in [-0.39, 0.29) is 17.0 Å². The first kappa shape index (κ1) is 27.9. The zero-order valence-electron chi connectivity index (χ0n) is 19.0. The highest BCUT2D eigenvalue weighted by Crippen LogP contribution is 2.35. The summed E-state index contributed by atoms with van der Waals surface area (Å²) in [6, 6.07) is 10.7. The number of rotatable bonds is 8. The van der Waals surface area contributed by atoms with Gasteiger partial charge in [0.15, 0.2) is 0 Å². The molecular weight excluding hydrogens is 528 g/mol. The van der Waals surface area contributed by atoms with Gasteiger partial charge in [0.2, 0.25) is 20.9 Å². The molecule has 198 valence electrons. The Morgan fingerprint density at radius 3 is 2.24 bits per heavy atom. The minimum Gasteiger partial charge on any atom is -0.496 e. The van der Waals surface area contributed by atoms with Crippen LogP contribution in [0.3, 0.4) is 0 Å². The Morgan fingerprint density at radius 2 is 1.59 bits per heavy atom. The Labute approximate surface area is 207 Å². The molecule has 7 nitrogen and oxygen atoms in total. The summed E-state index contributed by atoms with van der Waals surface area (Å²) in [6.45, 7) is 0. The van der Waals surface area contributed by atoms with Crippen molar-refractivity contribution in [3.63, 3.8) is 0 Å². The minimum absolute atomic E-state index is 0.0945. The number of alkyl halides is 6. The monoisotopic (exact) mass is 547 g/mol. The molecule has 1 N–H and O–H groups in total. The summed E-state index contributed by atoms with van der Waals surface area (Å²) < 4.78 is 110. The number of sulfone groups is 1. The Hall–Kier alpha value is -3.68. The van der Waals surface area contributed by atoms with Crippen molar-refractivity contribution in [3.05, 3.63) is 65.9 Å². The number of ether oxygens (including phenoxy) is 1. The molecule has 0 fully saturated rings. The summed E-state index contributed by atoms with van der Waals surface area (Å²) in [5.41, 5.74) is -3.34. The molecular formula is C23H19F6N3O4S. The standard InChI is InChI=1S/C23H19F6N3O4S/c1-36-18-10-5-2-7-14(18)17-13-19(23(27,28)29)32-21(31-17)37(34,35)12-6-11-20(33)30-16-9-4-3-8-15(16)22(24,25)26/h2-5,7-10,13H,6,11-12H2,1H3,(H,30,33). The van der Waals surface area contributed by atoms with Crippen LogP contribution in [0.1, 0.15) is 24.1 Å².